The maximum absolute atomic E-state index is 5.73. The summed E-state index contributed by atoms with van der Waals surface area (Å²) in [6.07, 6.45) is 1.24. The molecule has 1 atom stereocenters. The zero-order valence-corrected chi connectivity index (χ0v) is 13.5. The van der Waals surface area contributed by atoms with Crippen molar-refractivity contribution in [3.8, 4) is 0 Å². The summed E-state index contributed by atoms with van der Waals surface area (Å²) in [5.41, 5.74) is 2.35. The molecule has 2 rings (SSSR count). The van der Waals surface area contributed by atoms with Gasteiger partial charge in [0.1, 0.15) is 0 Å². The monoisotopic (exact) mass is 330 g/mol. The first-order valence-corrected chi connectivity index (χ1v) is 7.62. The van der Waals surface area contributed by atoms with Crippen molar-refractivity contribution in [1.29, 1.82) is 0 Å². The summed E-state index contributed by atoms with van der Waals surface area (Å²) in [4.78, 5) is 2.29. The smallest absolute Gasteiger partial charge is 0.0826 e. The topological polar surface area (TPSA) is 42.3 Å². The third-order valence-corrected chi connectivity index (χ3v) is 4.36. The van der Waals surface area contributed by atoms with Crippen LogP contribution in [-0.4, -0.2) is 54.1 Å². The van der Waals surface area contributed by atoms with Crippen LogP contribution in [0.15, 0.2) is 4.47 Å². The van der Waals surface area contributed by atoms with Gasteiger partial charge in [-0.3, -0.25) is 9.58 Å². The number of rotatable bonds is 5. The molecule has 0 spiro atoms. The molecule has 6 heteroatoms. The summed E-state index contributed by atoms with van der Waals surface area (Å²) in [7, 11) is 4.13. The average molecular weight is 331 g/mol. The van der Waals surface area contributed by atoms with Crippen LogP contribution in [0.1, 0.15) is 18.3 Å². The van der Waals surface area contributed by atoms with Gasteiger partial charge in [-0.2, -0.15) is 5.10 Å². The van der Waals surface area contributed by atoms with E-state index in [1.165, 1.54) is 5.69 Å². The molecule has 1 N–H and O–H groups in total. The normalized spacial score (nSPS) is 20.2. The fourth-order valence-corrected chi connectivity index (χ4v) is 3.14. The van der Waals surface area contributed by atoms with Crippen molar-refractivity contribution >= 4 is 15.9 Å². The molecule has 2 heterocycles. The second-order valence-electron chi connectivity index (χ2n) is 5.08. The number of aromatic nitrogens is 2. The summed E-state index contributed by atoms with van der Waals surface area (Å²) >= 11 is 3.66. The number of halogens is 1. The minimum absolute atomic E-state index is 0.288. The molecule has 1 unspecified atom stereocenters. The van der Waals surface area contributed by atoms with Crippen molar-refractivity contribution in [1.82, 2.24) is 20.0 Å². The molecule has 1 fully saturated rings. The largest absolute Gasteiger partial charge is 0.374 e. The van der Waals surface area contributed by atoms with Gasteiger partial charge in [0.25, 0.3) is 0 Å². The van der Waals surface area contributed by atoms with Crippen molar-refractivity contribution in [2.75, 3.05) is 33.3 Å². The Labute approximate surface area is 123 Å². The third-order valence-electron chi connectivity index (χ3n) is 3.44. The van der Waals surface area contributed by atoms with Crippen LogP contribution in [0.4, 0.5) is 0 Å². The van der Waals surface area contributed by atoms with Crippen LogP contribution < -0.4 is 5.32 Å². The zero-order valence-electron chi connectivity index (χ0n) is 11.9. The summed E-state index contributed by atoms with van der Waals surface area (Å²) < 4.78 is 8.85. The number of aryl methyl sites for hydroxylation is 2. The third kappa shape index (κ3) is 3.78. The quantitative estimate of drug-likeness (QED) is 0.879. The van der Waals surface area contributed by atoms with Gasteiger partial charge in [-0.1, -0.05) is 6.92 Å². The highest BCUT2D eigenvalue weighted by Gasteiger charge is 2.18. The van der Waals surface area contributed by atoms with Gasteiger partial charge in [-0.15, -0.1) is 0 Å². The number of nitrogens with zero attached hydrogens (tertiary/aromatic N) is 3. The van der Waals surface area contributed by atoms with Crippen molar-refractivity contribution in [3.63, 3.8) is 0 Å². The molecule has 1 aromatic rings. The predicted octanol–water partition coefficient (Wildman–Crippen LogP) is 1.17. The average Bonchev–Trinajstić information content (AvgIpc) is 2.67. The molecular formula is C13H23BrN4O. The van der Waals surface area contributed by atoms with Crippen LogP contribution in [0.25, 0.3) is 0 Å². The molecule has 19 heavy (non-hydrogen) atoms. The fraction of sp³-hybridized carbons (Fsp3) is 0.769. The molecule has 0 aromatic carbocycles. The Hall–Kier alpha value is -0.430. The van der Waals surface area contributed by atoms with E-state index in [2.05, 4.69) is 45.2 Å². The summed E-state index contributed by atoms with van der Waals surface area (Å²) in [5.74, 6) is 0. The molecule has 0 aliphatic carbocycles. The zero-order chi connectivity index (χ0) is 13.8. The van der Waals surface area contributed by atoms with E-state index in [0.29, 0.717) is 0 Å². The second-order valence-corrected chi connectivity index (χ2v) is 5.87. The lowest BCUT2D eigenvalue weighted by Gasteiger charge is -2.28. The molecule has 0 saturated carbocycles. The van der Waals surface area contributed by atoms with Crippen molar-refractivity contribution in [3.05, 3.63) is 15.9 Å². The van der Waals surface area contributed by atoms with Crippen LogP contribution in [-0.2, 0) is 24.8 Å². The van der Waals surface area contributed by atoms with E-state index in [1.807, 2.05) is 11.7 Å². The molecule has 1 aliphatic heterocycles. The van der Waals surface area contributed by atoms with Crippen molar-refractivity contribution < 1.29 is 4.74 Å². The lowest BCUT2D eigenvalue weighted by atomic mass is 10.2. The first kappa shape index (κ1) is 15.0. The highest BCUT2D eigenvalue weighted by molar-refractivity contribution is 9.10. The van der Waals surface area contributed by atoms with Crippen LogP contribution in [0, 0.1) is 0 Å². The standard InChI is InChI=1S/C13H23BrN4O/c1-4-11-13(14)12(18(3)16-11)9-17(2)8-10-7-15-5-6-19-10/h10,15H,4-9H2,1-3H3. The molecule has 1 saturated heterocycles. The number of ether oxygens (including phenoxy) is 1. The lowest BCUT2D eigenvalue weighted by molar-refractivity contribution is 0.00849. The van der Waals surface area contributed by atoms with Crippen LogP contribution in [0.3, 0.4) is 0 Å². The number of morpholine rings is 1. The molecule has 0 radical (unpaired) electrons. The highest BCUT2D eigenvalue weighted by Crippen LogP contribution is 2.22. The van der Waals surface area contributed by atoms with E-state index >= 15 is 0 Å². The van der Waals surface area contributed by atoms with Gasteiger partial charge in [0.15, 0.2) is 0 Å². The van der Waals surface area contributed by atoms with Crippen molar-refractivity contribution in [2.24, 2.45) is 7.05 Å². The van der Waals surface area contributed by atoms with E-state index in [0.717, 1.165) is 49.4 Å². The Kier molecular flexibility index (Phi) is 5.38. The summed E-state index contributed by atoms with van der Waals surface area (Å²) in [6.45, 7) is 6.66. The molecule has 1 aromatic heterocycles. The fourth-order valence-electron chi connectivity index (χ4n) is 2.40. The van der Waals surface area contributed by atoms with E-state index in [-0.39, 0.29) is 6.10 Å². The van der Waals surface area contributed by atoms with Gasteiger partial charge in [0, 0.05) is 33.2 Å². The van der Waals surface area contributed by atoms with Crippen LogP contribution in [0.2, 0.25) is 0 Å². The molecule has 1 aliphatic rings. The summed E-state index contributed by atoms with van der Waals surface area (Å²) in [6, 6.07) is 0. The molecule has 0 bridgehead atoms. The van der Waals surface area contributed by atoms with Gasteiger partial charge in [0.05, 0.1) is 28.6 Å². The van der Waals surface area contributed by atoms with Gasteiger partial charge in [0.2, 0.25) is 0 Å². The lowest BCUT2D eigenvalue weighted by Crippen LogP contribution is -2.44. The number of nitrogens with one attached hydrogen (secondary N) is 1. The first-order chi connectivity index (χ1) is 9.11. The minimum atomic E-state index is 0.288. The summed E-state index contributed by atoms with van der Waals surface area (Å²) in [5, 5.41) is 7.89. The molecule has 0 amide bonds. The van der Waals surface area contributed by atoms with Gasteiger partial charge >= 0.3 is 0 Å². The maximum Gasteiger partial charge on any atom is 0.0826 e. The first-order valence-electron chi connectivity index (χ1n) is 6.83. The maximum atomic E-state index is 5.73. The molecule has 108 valence electrons. The Balaban J connectivity index is 1.94. The van der Waals surface area contributed by atoms with Crippen LogP contribution >= 0.6 is 15.9 Å². The van der Waals surface area contributed by atoms with Crippen LogP contribution in [0.5, 0.6) is 0 Å². The Morgan fingerprint density at radius 2 is 2.37 bits per heavy atom. The van der Waals surface area contributed by atoms with Gasteiger partial charge in [-0.25, -0.2) is 0 Å². The Morgan fingerprint density at radius 3 is 2.95 bits per heavy atom. The SMILES string of the molecule is CCc1nn(C)c(CN(C)CC2CNCCO2)c1Br. The molecule has 5 nitrogen and oxygen atoms in total. The minimum Gasteiger partial charge on any atom is -0.374 e. The van der Waals surface area contributed by atoms with Gasteiger partial charge < -0.3 is 10.1 Å². The second kappa shape index (κ2) is 6.83. The Bertz CT molecular complexity index is 415. The predicted molar refractivity (Wildman–Crippen MR) is 79.2 cm³/mol. The number of hydrogen-bond donors (Lipinski definition) is 1. The van der Waals surface area contributed by atoms with Gasteiger partial charge in [-0.05, 0) is 29.4 Å². The van der Waals surface area contributed by atoms with E-state index < -0.39 is 0 Å². The van der Waals surface area contributed by atoms with Crippen molar-refractivity contribution in [2.45, 2.75) is 26.0 Å². The van der Waals surface area contributed by atoms with E-state index in [9.17, 15) is 0 Å². The van der Waals surface area contributed by atoms with E-state index in [1.54, 1.807) is 0 Å². The van der Waals surface area contributed by atoms with E-state index in [4.69, 9.17) is 4.74 Å². The Morgan fingerprint density at radius 1 is 1.58 bits per heavy atom. The molecular weight excluding hydrogens is 308 g/mol. The number of hydrogen-bond acceptors (Lipinski definition) is 4. The number of likely N-dealkylation sites (N-methyl/N-ethyl adjacent to an activating group) is 1. The highest BCUT2D eigenvalue weighted by atomic mass is 79.9.